The molecule has 4 aromatic carbocycles. The number of fused-ring (bicyclic) bond motifs is 1. The molecule has 0 unspecified atom stereocenters. The molecule has 0 heterocycles. The average Bonchev–Trinajstić information content (AvgIpc) is 2.82. The second-order valence-electron chi connectivity index (χ2n) is 9.68. The summed E-state index contributed by atoms with van der Waals surface area (Å²) in [5.74, 6) is 1.39. The van der Waals surface area contributed by atoms with E-state index in [1.54, 1.807) is 18.2 Å². The van der Waals surface area contributed by atoms with E-state index in [9.17, 15) is 10.2 Å². The van der Waals surface area contributed by atoms with Crippen LogP contribution in [-0.4, -0.2) is 40.3 Å². The van der Waals surface area contributed by atoms with Crippen molar-refractivity contribution in [3.63, 3.8) is 0 Å². The van der Waals surface area contributed by atoms with Crippen LogP contribution in [0.4, 0.5) is 0 Å². The first-order valence-electron chi connectivity index (χ1n) is 12.3. The highest BCUT2D eigenvalue weighted by Crippen LogP contribution is 2.32. The number of benzene rings is 4. The number of nitrogens with zero attached hydrogens (tertiary/aromatic N) is 1. The van der Waals surface area contributed by atoms with Gasteiger partial charge in [-0.1, -0.05) is 36.4 Å². The van der Waals surface area contributed by atoms with Crippen molar-refractivity contribution in [1.82, 2.24) is 4.90 Å². The van der Waals surface area contributed by atoms with Gasteiger partial charge in [0.2, 0.25) is 0 Å². The number of ether oxygens (including phenoxy) is 1. The Hall–Kier alpha value is -3.50. The maximum Gasteiger partial charge on any atom is 0.119 e. The second-order valence-corrected chi connectivity index (χ2v) is 9.68. The van der Waals surface area contributed by atoms with E-state index in [0.717, 1.165) is 45.3 Å². The van der Waals surface area contributed by atoms with Crippen LogP contribution in [0.2, 0.25) is 0 Å². The summed E-state index contributed by atoms with van der Waals surface area (Å²) in [5, 5.41) is 22.0. The molecule has 0 saturated heterocycles. The van der Waals surface area contributed by atoms with Crippen molar-refractivity contribution in [3.8, 4) is 28.4 Å². The summed E-state index contributed by atoms with van der Waals surface area (Å²) in [7, 11) is 0. The van der Waals surface area contributed by atoms with Gasteiger partial charge in [0.15, 0.2) is 0 Å². The summed E-state index contributed by atoms with van der Waals surface area (Å²) in [6.07, 6.45) is 0.701. The first-order valence-corrected chi connectivity index (χ1v) is 12.3. The lowest BCUT2D eigenvalue weighted by Gasteiger charge is -2.30. The zero-order valence-electron chi connectivity index (χ0n) is 21.0. The Morgan fingerprint density at radius 3 is 2.06 bits per heavy atom. The third-order valence-corrected chi connectivity index (χ3v) is 6.49. The van der Waals surface area contributed by atoms with Crippen LogP contribution in [0.15, 0.2) is 78.9 Å². The summed E-state index contributed by atoms with van der Waals surface area (Å²) in [6.45, 7) is 10.4. The van der Waals surface area contributed by atoms with Crippen molar-refractivity contribution < 1.29 is 14.9 Å². The SMILES string of the molecule is CC(C)N(CCOc1ccc(Cc2cc(O)ccc2-c2ccc3cc(O)ccc3c2)cc1)C(C)C. The highest BCUT2D eigenvalue weighted by atomic mass is 16.5. The molecular weight excluding hydrogens is 434 g/mol. The standard InChI is InChI=1S/C31H35NO3/c1-21(2)32(22(3)4)15-16-35-30-12-5-23(6-13-30)17-27-20-29(34)11-14-31(27)26-8-7-25-19-28(33)10-9-24(25)18-26/h5-14,18-22,33-34H,15-17H2,1-4H3. The highest BCUT2D eigenvalue weighted by molar-refractivity contribution is 5.89. The van der Waals surface area contributed by atoms with Crippen molar-refractivity contribution in [3.05, 3.63) is 90.0 Å². The molecule has 4 aromatic rings. The molecule has 182 valence electrons. The molecule has 0 radical (unpaired) electrons. The maximum absolute atomic E-state index is 10.2. The zero-order chi connectivity index (χ0) is 24.9. The van der Waals surface area contributed by atoms with E-state index in [1.807, 2.05) is 36.4 Å². The second kappa shape index (κ2) is 10.8. The Morgan fingerprint density at radius 1 is 0.714 bits per heavy atom. The van der Waals surface area contributed by atoms with Gasteiger partial charge in [0, 0.05) is 18.6 Å². The minimum Gasteiger partial charge on any atom is -0.508 e. The lowest BCUT2D eigenvalue weighted by atomic mass is 9.93. The van der Waals surface area contributed by atoms with Crippen LogP contribution in [0.5, 0.6) is 17.2 Å². The molecular formula is C31H35NO3. The van der Waals surface area contributed by atoms with E-state index >= 15 is 0 Å². The van der Waals surface area contributed by atoms with Gasteiger partial charge >= 0.3 is 0 Å². The monoisotopic (exact) mass is 469 g/mol. The number of hydrogen-bond donors (Lipinski definition) is 2. The first-order chi connectivity index (χ1) is 16.8. The number of hydrogen-bond acceptors (Lipinski definition) is 4. The fourth-order valence-corrected chi connectivity index (χ4v) is 4.71. The van der Waals surface area contributed by atoms with Crippen LogP contribution >= 0.6 is 0 Å². The summed E-state index contributed by atoms with van der Waals surface area (Å²) in [4.78, 5) is 2.42. The van der Waals surface area contributed by atoms with Gasteiger partial charge < -0.3 is 14.9 Å². The fourth-order valence-electron chi connectivity index (χ4n) is 4.71. The molecule has 0 aliphatic rings. The third-order valence-electron chi connectivity index (χ3n) is 6.49. The van der Waals surface area contributed by atoms with Crippen LogP contribution in [0.25, 0.3) is 21.9 Å². The molecule has 0 aliphatic carbocycles. The number of phenolic OH excluding ortho intramolecular Hbond substituents is 2. The third kappa shape index (κ3) is 6.14. The molecule has 4 heteroatoms. The lowest BCUT2D eigenvalue weighted by Crippen LogP contribution is -2.39. The van der Waals surface area contributed by atoms with Crippen LogP contribution in [0.1, 0.15) is 38.8 Å². The molecule has 0 spiro atoms. The summed E-state index contributed by atoms with van der Waals surface area (Å²) in [6, 6.07) is 26.4. The van der Waals surface area contributed by atoms with E-state index in [-0.39, 0.29) is 11.5 Å². The van der Waals surface area contributed by atoms with Gasteiger partial charge in [0.25, 0.3) is 0 Å². The summed E-state index contributed by atoms with van der Waals surface area (Å²) >= 11 is 0. The largest absolute Gasteiger partial charge is 0.508 e. The first kappa shape index (κ1) is 24.6. The lowest BCUT2D eigenvalue weighted by molar-refractivity contribution is 0.142. The molecule has 2 N–H and O–H groups in total. The van der Waals surface area contributed by atoms with Crippen molar-refractivity contribution in [2.24, 2.45) is 0 Å². The van der Waals surface area contributed by atoms with Crippen molar-refractivity contribution in [1.29, 1.82) is 0 Å². The van der Waals surface area contributed by atoms with Crippen LogP contribution in [-0.2, 0) is 6.42 Å². The average molecular weight is 470 g/mol. The Kier molecular flexibility index (Phi) is 7.62. The molecule has 0 aliphatic heterocycles. The smallest absolute Gasteiger partial charge is 0.119 e. The van der Waals surface area contributed by atoms with Crippen molar-refractivity contribution in [2.45, 2.75) is 46.2 Å². The topological polar surface area (TPSA) is 52.9 Å². The van der Waals surface area contributed by atoms with E-state index in [4.69, 9.17) is 4.74 Å². The minimum atomic E-state index is 0.259. The zero-order valence-corrected chi connectivity index (χ0v) is 21.0. The van der Waals surface area contributed by atoms with E-state index in [1.165, 1.54) is 0 Å². The molecule has 0 atom stereocenters. The molecule has 0 saturated carbocycles. The van der Waals surface area contributed by atoms with E-state index < -0.39 is 0 Å². The predicted octanol–water partition coefficient (Wildman–Crippen LogP) is 7.01. The predicted molar refractivity (Wildman–Crippen MR) is 144 cm³/mol. The van der Waals surface area contributed by atoms with Gasteiger partial charge in [-0.3, -0.25) is 4.90 Å². The molecule has 4 rings (SSSR count). The van der Waals surface area contributed by atoms with Crippen LogP contribution in [0, 0.1) is 0 Å². The Bertz CT molecular complexity index is 1270. The van der Waals surface area contributed by atoms with Crippen LogP contribution < -0.4 is 4.74 Å². The number of phenols is 2. The van der Waals surface area contributed by atoms with Crippen molar-refractivity contribution in [2.75, 3.05) is 13.2 Å². The molecule has 0 bridgehead atoms. The number of aromatic hydroxyl groups is 2. The normalized spacial score (nSPS) is 11.6. The number of rotatable bonds is 9. The van der Waals surface area contributed by atoms with Gasteiger partial charge in [-0.2, -0.15) is 0 Å². The van der Waals surface area contributed by atoms with Gasteiger partial charge in [-0.25, -0.2) is 0 Å². The Balaban J connectivity index is 1.49. The quantitative estimate of drug-likeness (QED) is 0.277. The van der Waals surface area contributed by atoms with Gasteiger partial charge in [-0.15, -0.1) is 0 Å². The minimum absolute atomic E-state index is 0.259. The van der Waals surface area contributed by atoms with E-state index in [0.29, 0.717) is 25.1 Å². The van der Waals surface area contributed by atoms with Gasteiger partial charge in [0.1, 0.15) is 23.9 Å². The maximum atomic E-state index is 10.2. The molecule has 0 amide bonds. The Morgan fingerprint density at radius 2 is 1.34 bits per heavy atom. The van der Waals surface area contributed by atoms with Crippen LogP contribution in [0.3, 0.4) is 0 Å². The van der Waals surface area contributed by atoms with Gasteiger partial charge in [-0.05, 0) is 110 Å². The summed E-state index contributed by atoms with van der Waals surface area (Å²) < 4.78 is 6.00. The molecule has 4 nitrogen and oxygen atoms in total. The molecule has 35 heavy (non-hydrogen) atoms. The Labute approximate surface area is 208 Å². The molecule has 0 fully saturated rings. The van der Waals surface area contributed by atoms with Gasteiger partial charge in [0.05, 0.1) is 0 Å². The summed E-state index contributed by atoms with van der Waals surface area (Å²) in [5.41, 5.74) is 4.38. The van der Waals surface area contributed by atoms with E-state index in [2.05, 4.69) is 56.9 Å². The fraction of sp³-hybridized carbons (Fsp3) is 0.290. The highest BCUT2D eigenvalue weighted by Gasteiger charge is 2.13. The van der Waals surface area contributed by atoms with Crippen molar-refractivity contribution >= 4 is 10.8 Å². The molecule has 0 aromatic heterocycles.